The fourth-order valence-corrected chi connectivity index (χ4v) is 3.84. The summed E-state index contributed by atoms with van der Waals surface area (Å²) in [6, 6.07) is 18.5. The van der Waals surface area contributed by atoms with Gasteiger partial charge in [0.05, 0.1) is 0 Å². The van der Waals surface area contributed by atoms with Crippen molar-refractivity contribution >= 4 is 22.6 Å². The summed E-state index contributed by atoms with van der Waals surface area (Å²) < 4.78 is 4.55. The summed E-state index contributed by atoms with van der Waals surface area (Å²) in [4.78, 5) is 19.3. The van der Waals surface area contributed by atoms with Gasteiger partial charge in [0.1, 0.15) is 5.82 Å². The van der Waals surface area contributed by atoms with E-state index in [1.807, 2.05) is 30.3 Å². The number of nitrogens with one attached hydrogen (secondary N) is 1. The molecule has 2 aromatic carbocycles. The van der Waals surface area contributed by atoms with Gasteiger partial charge in [-0.3, -0.25) is 4.79 Å². The highest BCUT2D eigenvalue weighted by Gasteiger charge is 2.14. The molecule has 0 spiro atoms. The molecule has 0 aliphatic heterocycles. The van der Waals surface area contributed by atoms with E-state index in [0.29, 0.717) is 19.5 Å². The number of rotatable bonds is 11. The number of hydrogen-bond donors (Lipinski definition) is 1. The molecule has 0 aliphatic carbocycles. The molecule has 0 fully saturated rings. The standard InChI is InChI=1S/C24H30N4OS/c1-3-4-15-28(16-14-23(29)25-18-21-8-6-5-7-9-21)24-26-22(27-30-24)17-20-12-10-19(2)11-13-20/h5-13H,3-4,14-18H2,1-2H3,(H,25,29). The second kappa shape index (κ2) is 11.5. The first-order chi connectivity index (χ1) is 14.6. The Bertz CT molecular complexity index is 908. The molecule has 0 unspecified atom stereocenters. The first kappa shape index (κ1) is 22.0. The Hall–Kier alpha value is -2.73. The summed E-state index contributed by atoms with van der Waals surface area (Å²) in [5.41, 5.74) is 3.57. The average Bonchev–Trinajstić information content (AvgIpc) is 3.23. The smallest absolute Gasteiger partial charge is 0.222 e. The molecular weight excluding hydrogens is 392 g/mol. The lowest BCUT2D eigenvalue weighted by Crippen LogP contribution is -2.31. The van der Waals surface area contributed by atoms with Gasteiger partial charge >= 0.3 is 0 Å². The number of hydrogen-bond acceptors (Lipinski definition) is 5. The van der Waals surface area contributed by atoms with Crippen LogP contribution in [0.4, 0.5) is 5.13 Å². The average molecular weight is 423 g/mol. The molecule has 6 heteroatoms. The number of nitrogens with zero attached hydrogens (tertiary/aromatic N) is 3. The fourth-order valence-electron chi connectivity index (χ4n) is 3.11. The van der Waals surface area contributed by atoms with Crippen LogP contribution >= 0.6 is 11.5 Å². The lowest BCUT2D eigenvalue weighted by atomic mass is 10.1. The molecule has 1 amide bonds. The third-order valence-electron chi connectivity index (χ3n) is 4.93. The Kier molecular flexibility index (Phi) is 8.39. The van der Waals surface area contributed by atoms with E-state index in [0.717, 1.165) is 42.3 Å². The molecular formula is C24H30N4OS. The maximum Gasteiger partial charge on any atom is 0.222 e. The zero-order valence-electron chi connectivity index (χ0n) is 17.8. The van der Waals surface area contributed by atoms with E-state index in [4.69, 9.17) is 4.98 Å². The zero-order chi connectivity index (χ0) is 21.2. The van der Waals surface area contributed by atoms with Crippen molar-refractivity contribution in [2.45, 2.75) is 46.1 Å². The maximum absolute atomic E-state index is 12.3. The van der Waals surface area contributed by atoms with E-state index >= 15 is 0 Å². The fraction of sp³-hybridized carbons (Fsp3) is 0.375. The number of benzene rings is 2. The summed E-state index contributed by atoms with van der Waals surface area (Å²) in [5, 5.41) is 3.91. The normalized spacial score (nSPS) is 10.7. The highest BCUT2D eigenvalue weighted by molar-refractivity contribution is 7.09. The highest BCUT2D eigenvalue weighted by atomic mass is 32.1. The zero-order valence-corrected chi connectivity index (χ0v) is 18.6. The van der Waals surface area contributed by atoms with Crippen LogP contribution in [0.2, 0.25) is 0 Å². The van der Waals surface area contributed by atoms with Crippen molar-refractivity contribution in [3.63, 3.8) is 0 Å². The Balaban J connectivity index is 1.55. The molecule has 0 saturated carbocycles. The lowest BCUT2D eigenvalue weighted by Gasteiger charge is -2.20. The van der Waals surface area contributed by atoms with Crippen LogP contribution in [0.1, 0.15) is 48.7 Å². The molecule has 0 aliphatic rings. The maximum atomic E-state index is 12.3. The van der Waals surface area contributed by atoms with E-state index in [-0.39, 0.29) is 5.91 Å². The summed E-state index contributed by atoms with van der Waals surface area (Å²) in [6.07, 6.45) is 3.35. The van der Waals surface area contributed by atoms with Crippen molar-refractivity contribution < 1.29 is 4.79 Å². The van der Waals surface area contributed by atoms with Gasteiger partial charge in [-0.05, 0) is 24.5 Å². The van der Waals surface area contributed by atoms with Crippen molar-refractivity contribution in [2.75, 3.05) is 18.0 Å². The molecule has 1 aromatic heterocycles. The van der Waals surface area contributed by atoms with Crippen molar-refractivity contribution in [2.24, 2.45) is 0 Å². The van der Waals surface area contributed by atoms with E-state index in [9.17, 15) is 4.79 Å². The summed E-state index contributed by atoms with van der Waals surface area (Å²) in [5.74, 6) is 0.902. The van der Waals surface area contributed by atoms with Gasteiger partial charge in [-0.1, -0.05) is 73.5 Å². The van der Waals surface area contributed by atoms with Crippen LogP contribution in [-0.2, 0) is 17.8 Å². The molecule has 3 aromatic rings. The number of aromatic nitrogens is 2. The molecule has 1 heterocycles. The van der Waals surface area contributed by atoms with Crippen molar-refractivity contribution in [1.29, 1.82) is 0 Å². The molecule has 158 valence electrons. The predicted octanol–water partition coefficient (Wildman–Crippen LogP) is 4.75. The first-order valence-corrected chi connectivity index (χ1v) is 11.3. The van der Waals surface area contributed by atoms with E-state index in [2.05, 4.69) is 52.7 Å². The van der Waals surface area contributed by atoms with Gasteiger partial charge < -0.3 is 10.2 Å². The highest BCUT2D eigenvalue weighted by Crippen LogP contribution is 2.20. The van der Waals surface area contributed by atoms with Gasteiger partial charge in [-0.25, -0.2) is 4.98 Å². The monoisotopic (exact) mass is 422 g/mol. The van der Waals surface area contributed by atoms with E-state index < -0.39 is 0 Å². The van der Waals surface area contributed by atoms with Crippen LogP contribution in [0.25, 0.3) is 0 Å². The van der Waals surface area contributed by atoms with Crippen molar-refractivity contribution in [3.05, 3.63) is 77.1 Å². The Morgan fingerprint density at radius 2 is 1.80 bits per heavy atom. The van der Waals surface area contributed by atoms with Crippen LogP contribution in [-0.4, -0.2) is 28.4 Å². The molecule has 0 bridgehead atoms. The first-order valence-electron chi connectivity index (χ1n) is 10.6. The van der Waals surface area contributed by atoms with Crippen molar-refractivity contribution in [1.82, 2.24) is 14.7 Å². The SMILES string of the molecule is CCCCN(CCC(=O)NCc1ccccc1)c1nc(Cc2ccc(C)cc2)ns1. The molecule has 1 N–H and O–H groups in total. The third-order valence-corrected chi connectivity index (χ3v) is 5.75. The van der Waals surface area contributed by atoms with Crippen LogP contribution in [0.3, 0.4) is 0 Å². The van der Waals surface area contributed by atoms with Crippen LogP contribution in [0, 0.1) is 6.92 Å². The second-order valence-electron chi connectivity index (χ2n) is 7.51. The predicted molar refractivity (Wildman–Crippen MR) is 124 cm³/mol. The number of carbonyl (C=O) groups excluding carboxylic acids is 1. The summed E-state index contributed by atoms with van der Waals surface area (Å²) >= 11 is 1.43. The quantitative estimate of drug-likeness (QED) is 0.484. The number of anilines is 1. The lowest BCUT2D eigenvalue weighted by molar-refractivity contribution is -0.121. The van der Waals surface area contributed by atoms with Gasteiger partial charge in [0.15, 0.2) is 0 Å². The Morgan fingerprint density at radius 1 is 1.03 bits per heavy atom. The minimum Gasteiger partial charge on any atom is -0.352 e. The topological polar surface area (TPSA) is 58.1 Å². The molecule has 0 saturated heterocycles. The molecule has 3 rings (SSSR count). The minimum absolute atomic E-state index is 0.0599. The molecule has 0 atom stereocenters. The number of carbonyl (C=O) groups is 1. The largest absolute Gasteiger partial charge is 0.352 e. The second-order valence-corrected chi connectivity index (χ2v) is 8.24. The van der Waals surface area contributed by atoms with Gasteiger partial charge in [0.2, 0.25) is 11.0 Å². The third kappa shape index (κ3) is 6.95. The van der Waals surface area contributed by atoms with E-state index in [1.165, 1.54) is 22.7 Å². The summed E-state index contributed by atoms with van der Waals surface area (Å²) in [7, 11) is 0. The van der Waals surface area contributed by atoms with Crippen molar-refractivity contribution in [3.8, 4) is 0 Å². The Labute approximate surface area is 183 Å². The molecule has 5 nitrogen and oxygen atoms in total. The number of unbranched alkanes of at least 4 members (excludes halogenated alkanes) is 1. The minimum atomic E-state index is 0.0599. The van der Waals surface area contributed by atoms with Crippen LogP contribution in [0.5, 0.6) is 0 Å². The molecule has 0 radical (unpaired) electrons. The van der Waals surface area contributed by atoms with E-state index in [1.54, 1.807) is 0 Å². The summed E-state index contributed by atoms with van der Waals surface area (Å²) in [6.45, 7) is 6.37. The molecule has 30 heavy (non-hydrogen) atoms. The van der Waals surface area contributed by atoms with Gasteiger partial charge in [-0.15, -0.1) is 0 Å². The number of aryl methyl sites for hydroxylation is 1. The van der Waals surface area contributed by atoms with Crippen LogP contribution < -0.4 is 10.2 Å². The Morgan fingerprint density at radius 3 is 2.53 bits per heavy atom. The van der Waals surface area contributed by atoms with Gasteiger partial charge in [-0.2, -0.15) is 4.37 Å². The van der Waals surface area contributed by atoms with Gasteiger partial charge in [0.25, 0.3) is 0 Å². The number of amides is 1. The van der Waals surface area contributed by atoms with Gasteiger partial charge in [0, 0.05) is 44.0 Å². The van der Waals surface area contributed by atoms with Crippen LogP contribution in [0.15, 0.2) is 54.6 Å².